The van der Waals surface area contributed by atoms with Crippen molar-refractivity contribution in [3.63, 3.8) is 0 Å². The Hall–Kier alpha value is -1.65. The highest BCUT2D eigenvalue weighted by atomic mass is 16.2. The van der Waals surface area contributed by atoms with Gasteiger partial charge in [0.05, 0.1) is 0 Å². The summed E-state index contributed by atoms with van der Waals surface area (Å²) in [6.07, 6.45) is 2.14. The van der Waals surface area contributed by atoms with E-state index in [-0.39, 0.29) is 12.6 Å². The summed E-state index contributed by atoms with van der Waals surface area (Å²) in [5, 5.41) is 0. The number of aldehydes is 2. The van der Waals surface area contributed by atoms with Crippen LogP contribution in [0.15, 0.2) is 12.7 Å². The maximum atomic E-state index is 9.00. The number of hydrogen-bond donors (Lipinski definition) is 2. The van der Waals surface area contributed by atoms with Gasteiger partial charge in [0.2, 0.25) is 0 Å². The Morgan fingerprint density at radius 3 is 1.36 bits per heavy atom. The molecule has 5 heteroatoms. The fourth-order valence-corrected chi connectivity index (χ4v) is 0. The minimum atomic E-state index is -0.833. The number of hydrogen-bond acceptors (Lipinski definition) is 3. The predicted molar refractivity (Wildman–Crippen MR) is 41.8 cm³/mol. The Morgan fingerprint density at radius 1 is 1.27 bits per heavy atom. The summed E-state index contributed by atoms with van der Waals surface area (Å²) < 4.78 is 0. The second kappa shape index (κ2) is 23.8. The van der Waals surface area contributed by atoms with Crippen LogP contribution >= 0.6 is 0 Å². The zero-order valence-electron chi connectivity index (χ0n) is 6.32. The van der Waals surface area contributed by atoms with Crippen LogP contribution in [0.1, 0.15) is 6.92 Å². The minimum absolute atomic E-state index is 0.194. The van der Waals surface area contributed by atoms with Gasteiger partial charge >= 0.3 is 6.03 Å². The second-order valence-corrected chi connectivity index (χ2v) is 1.08. The van der Waals surface area contributed by atoms with Crippen LogP contribution in [0.25, 0.3) is 0 Å². The van der Waals surface area contributed by atoms with Crippen molar-refractivity contribution >= 4 is 18.6 Å². The lowest BCUT2D eigenvalue weighted by Gasteiger charge is -1.62. The van der Waals surface area contributed by atoms with E-state index in [4.69, 9.17) is 14.4 Å². The van der Waals surface area contributed by atoms with Crippen molar-refractivity contribution < 1.29 is 14.4 Å². The van der Waals surface area contributed by atoms with Crippen LogP contribution in [0.2, 0.25) is 0 Å². The highest BCUT2D eigenvalue weighted by Gasteiger charge is 1.60. The molecule has 0 saturated carbocycles. The van der Waals surface area contributed by atoms with Crippen LogP contribution in [0, 0.1) is 0 Å². The Balaban J connectivity index is -0.0000000886. The number of allylic oxidation sites excluding steroid dienone is 1. The molecule has 0 bridgehead atoms. The third-order valence-electron chi connectivity index (χ3n) is 0.0556. The molecule has 0 atom stereocenters. The molecule has 0 aliphatic rings. The summed E-state index contributed by atoms with van der Waals surface area (Å²) in [6.45, 7) is 5.25. The lowest BCUT2D eigenvalue weighted by molar-refractivity contribution is -0.122. The summed E-state index contributed by atoms with van der Waals surface area (Å²) >= 11 is 0. The average molecular weight is 160 g/mol. The molecule has 0 aliphatic heterocycles. The van der Waals surface area contributed by atoms with E-state index in [2.05, 4.69) is 18.0 Å². The van der Waals surface area contributed by atoms with Crippen molar-refractivity contribution in [2.75, 3.05) is 0 Å². The van der Waals surface area contributed by atoms with Gasteiger partial charge in [0, 0.05) is 0 Å². The zero-order chi connectivity index (χ0) is 9.70. The molecule has 0 unspecified atom stereocenters. The molecule has 0 rings (SSSR count). The van der Waals surface area contributed by atoms with Crippen molar-refractivity contribution in [3.05, 3.63) is 12.7 Å². The van der Waals surface area contributed by atoms with Gasteiger partial charge in [-0.2, -0.15) is 0 Å². The van der Waals surface area contributed by atoms with E-state index in [0.717, 1.165) is 0 Å². The van der Waals surface area contributed by atoms with Crippen molar-refractivity contribution in [1.29, 1.82) is 0 Å². The molecule has 0 aromatic carbocycles. The molecule has 0 heterocycles. The fourth-order valence-electron chi connectivity index (χ4n) is 0. The van der Waals surface area contributed by atoms with Crippen molar-refractivity contribution in [2.24, 2.45) is 11.5 Å². The molecule has 2 amide bonds. The highest BCUT2D eigenvalue weighted by Crippen LogP contribution is 1.38. The van der Waals surface area contributed by atoms with Gasteiger partial charge in [0.15, 0.2) is 12.6 Å². The second-order valence-electron chi connectivity index (χ2n) is 1.08. The Bertz CT molecular complexity index is 113. The van der Waals surface area contributed by atoms with Crippen LogP contribution < -0.4 is 11.5 Å². The quantitative estimate of drug-likeness (QED) is 0.310. The normalized spacial score (nSPS) is 5.18. The summed E-state index contributed by atoms with van der Waals surface area (Å²) in [4.78, 5) is 26.6. The fraction of sp³-hybridized carbons (Fsp3) is 0.167. The van der Waals surface area contributed by atoms with Crippen molar-refractivity contribution in [1.82, 2.24) is 0 Å². The van der Waals surface area contributed by atoms with Crippen LogP contribution in [-0.2, 0) is 9.59 Å². The van der Waals surface area contributed by atoms with Crippen LogP contribution in [-0.4, -0.2) is 18.6 Å². The molecule has 0 radical (unpaired) electrons. The van der Waals surface area contributed by atoms with E-state index in [1.54, 1.807) is 6.08 Å². The average Bonchev–Trinajstić information content (AvgIpc) is 1.88. The van der Waals surface area contributed by atoms with E-state index < -0.39 is 6.03 Å². The molecule has 0 saturated heterocycles. The molecule has 0 aliphatic carbocycles. The van der Waals surface area contributed by atoms with Gasteiger partial charge in [-0.1, -0.05) is 6.08 Å². The number of urea groups is 1. The lowest BCUT2D eigenvalue weighted by atomic mass is 10.8. The third kappa shape index (κ3) is 797. The molecule has 64 valence electrons. The standard InChI is InChI=1S/C3H6.C2H2O2.CH4N2O/c1-3-2;3-1-2-4;2-1(3)4/h3H,1H2,2H3;1-2H;(H4,2,3,4). The molecule has 11 heavy (non-hydrogen) atoms. The van der Waals surface area contributed by atoms with E-state index >= 15 is 0 Å². The third-order valence-corrected chi connectivity index (χ3v) is 0.0556. The summed E-state index contributed by atoms with van der Waals surface area (Å²) in [5.41, 5.74) is 8.50. The SMILES string of the molecule is C=CC.NC(N)=O.O=CC=O. The maximum Gasteiger partial charge on any atom is 0.309 e. The first-order valence-corrected chi connectivity index (χ1v) is 2.57. The minimum Gasteiger partial charge on any atom is -0.352 e. The Morgan fingerprint density at radius 2 is 1.36 bits per heavy atom. The van der Waals surface area contributed by atoms with Gasteiger partial charge in [0.25, 0.3) is 0 Å². The first-order valence-electron chi connectivity index (χ1n) is 2.57. The van der Waals surface area contributed by atoms with Crippen LogP contribution in [0.4, 0.5) is 4.79 Å². The first kappa shape index (κ1) is 16.2. The predicted octanol–water partition coefficient (Wildman–Crippen LogP) is -0.400. The largest absolute Gasteiger partial charge is 0.352 e. The van der Waals surface area contributed by atoms with Gasteiger partial charge in [0.1, 0.15) is 0 Å². The lowest BCUT2D eigenvalue weighted by Crippen LogP contribution is -2.18. The topological polar surface area (TPSA) is 103 Å². The molecular weight excluding hydrogens is 148 g/mol. The molecule has 0 aromatic rings. The molecule has 4 N–H and O–H groups in total. The summed E-state index contributed by atoms with van der Waals surface area (Å²) in [5.74, 6) is 0. The first-order chi connectivity index (χ1) is 5.06. The van der Waals surface area contributed by atoms with E-state index in [9.17, 15) is 0 Å². The van der Waals surface area contributed by atoms with E-state index in [0.29, 0.717) is 0 Å². The number of primary amides is 2. The molecule has 0 spiro atoms. The van der Waals surface area contributed by atoms with E-state index in [1.807, 2.05) is 6.92 Å². The van der Waals surface area contributed by atoms with Crippen LogP contribution in [0.3, 0.4) is 0 Å². The Kier molecular flexibility index (Phi) is 35.0. The number of carbonyl (C=O) groups is 3. The smallest absolute Gasteiger partial charge is 0.309 e. The molecule has 5 nitrogen and oxygen atoms in total. The van der Waals surface area contributed by atoms with Gasteiger partial charge in [-0.25, -0.2) is 4.79 Å². The molecule has 0 aromatic heterocycles. The Labute approximate surface area is 65.1 Å². The van der Waals surface area contributed by atoms with Gasteiger partial charge in [-0.3, -0.25) is 9.59 Å². The zero-order valence-corrected chi connectivity index (χ0v) is 6.32. The van der Waals surface area contributed by atoms with Gasteiger partial charge in [-0.15, -0.1) is 6.58 Å². The summed E-state index contributed by atoms with van der Waals surface area (Å²) in [7, 11) is 0. The number of rotatable bonds is 1. The van der Waals surface area contributed by atoms with E-state index in [1.165, 1.54) is 0 Å². The number of carbonyl (C=O) groups excluding carboxylic acids is 3. The molecule has 0 fully saturated rings. The van der Waals surface area contributed by atoms with Crippen LogP contribution in [0.5, 0.6) is 0 Å². The molecular formula is C6H12N2O3. The van der Waals surface area contributed by atoms with Crippen molar-refractivity contribution in [3.8, 4) is 0 Å². The summed E-state index contributed by atoms with van der Waals surface area (Å²) in [6, 6.07) is -0.833. The number of amides is 2. The van der Waals surface area contributed by atoms with Crippen molar-refractivity contribution in [2.45, 2.75) is 6.92 Å². The van der Waals surface area contributed by atoms with Gasteiger partial charge in [-0.05, 0) is 6.92 Å². The van der Waals surface area contributed by atoms with Gasteiger partial charge < -0.3 is 11.5 Å². The monoisotopic (exact) mass is 160 g/mol. The number of nitrogens with two attached hydrogens (primary N) is 2. The maximum absolute atomic E-state index is 9.00. The highest BCUT2D eigenvalue weighted by molar-refractivity contribution is 6.09.